The third-order valence-corrected chi connectivity index (χ3v) is 17.4. The van der Waals surface area contributed by atoms with Crippen LogP contribution in [0, 0.1) is 13.8 Å². The zero-order valence-corrected chi connectivity index (χ0v) is 42.1. The number of aryl methyl sites for hydroxylation is 2. The second kappa shape index (κ2) is 14.9. The summed E-state index contributed by atoms with van der Waals surface area (Å²) in [6, 6.07) is 83.8. The summed E-state index contributed by atoms with van der Waals surface area (Å²) < 4.78 is 13.1. The molecule has 0 spiro atoms. The number of rotatable bonds is 5. The van der Waals surface area contributed by atoms with Gasteiger partial charge >= 0.3 is 0 Å². The van der Waals surface area contributed by atoms with Crippen LogP contribution in [0.4, 0.5) is 17.1 Å². The highest BCUT2D eigenvalue weighted by Crippen LogP contribution is 2.58. The molecule has 0 radical (unpaired) electrons. The van der Waals surface area contributed by atoms with Crippen LogP contribution < -0.4 is 4.90 Å². The van der Waals surface area contributed by atoms with E-state index in [-0.39, 0.29) is 0 Å². The van der Waals surface area contributed by atoms with Crippen LogP contribution in [0.15, 0.2) is 233 Å². The highest BCUT2D eigenvalue weighted by molar-refractivity contribution is 6.50. The molecule has 0 aliphatic rings. The molecular formula is C74H43NO2. The highest BCUT2D eigenvalue weighted by Gasteiger charge is 2.30. The Bertz CT molecular complexity index is 5230. The van der Waals surface area contributed by atoms with Crippen molar-refractivity contribution in [1.29, 1.82) is 0 Å². The van der Waals surface area contributed by atoms with Crippen molar-refractivity contribution in [1.82, 2.24) is 0 Å². The summed E-state index contributed by atoms with van der Waals surface area (Å²) >= 11 is 0. The quantitative estimate of drug-likeness (QED) is 0.127. The van der Waals surface area contributed by atoms with Gasteiger partial charge in [0.25, 0.3) is 0 Å². The van der Waals surface area contributed by atoms with E-state index in [1.54, 1.807) is 0 Å². The lowest BCUT2D eigenvalue weighted by molar-refractivity contribution is 0.668. The molecule has 356 valence electrons. The van der Waals surface area contributed by atoms with E-state index in [0.717, 1.165) is 72.1 Å². The fourth-order valence-corrected chi connectivity index (χ4v) is 14.1. The van der Waals surface area contributed by atoms with E-state index < -0.39 is 0 Å². The van der Waals surface area contributed by atoms with Gasteiger partial charge < -0.3 is 13.7 Å². The van der Waals surface area contributed by atoms with E-state index in [1.807, 2.05) is 0 Å². The Hall–Kier alpha value is -9.96. The van der Waals surface area contributed by atoms with Crippen molar-refractivity contribution in [3.8, 4) is 22.3 Å². The zero-order valence-electron chi connectivity index (χ0n) is 42.1. The summed E-state index contributed by atoms with van der Waals surface area (Å²) in [6.07, 6.45) is 0. The van der Waals surface area contributed by atoms with E-state index in [2.05, 4.69) is 243 Å². The van der Waals surface area contributed by atoms with Crippen LogP contribution in [-0.2, 0) is 0 Å². The summed E-state index contributed by atoms with van der Waals surface area (Å²) in [7, 11) is 0. The van der Waals surface area contributed by atoms with Gasteiger partial charge in [-0.2, -0.15) is 0 Å². The number of fused-ring (bicyclic) bond motifs is 14. The minimum atomic E-state index is 0.887. The van der Waals surface area contributed by atoms with Crippen molar-refractivity contribution in [3.63, 3.8) is 0 Å². The van der Waals surface area contributed by atoms with Gasteiger partial charge in [-0.1, -0.05) is 169 Å². The third kappa shape index (κ3) is 5.44. The molecule has 16 aromatic carbocycles. The number of hydrogen-bond donors (Lipinski definition) is 0. The van der Waals surface area contributed by atoms with Crippen molar-refractivity contribution >= 4 is 158 Å². The van der Waals surface area contributed by atoms with Crippen LogP contribution in [0.25, 0.3) is 163 Å². The minimum absolute atomic E-state index is 0.887. The monoisotopic (exact) mass is 977 g/mol. The van der Waals surface area contributed by atoms with E-state index >= 15 is 0 Å². The normalized spacial score (nSPS) is 12.5. The van der Waals surface area contributed by atoms with E-state index in [0.29, 0.717) is 0 Å². The van der Waals surface area contributed by atoms with Crippen LogP contribution in [-0.4, -0.2) is 0 Å². The van der Waals surface area contributed by atoms with Gasteiger partial charge in [0.2, 0.25) is 0 Å². The van der Waals surface area contributed by atoms with Crippen molar-refractivity contribution in [3.05, 3.63) is 236 Å². The topological polar surface area (TPSA) is 29.5 Å². The lowest BCUT2D eigenvalue weighted by Gasteiger charge is -2.27. The van der Waals surface area contributed by atoms with Gasteiger partial charge in [-0.05, 0) is 194 Å². The van der Waals surface area contributed by atoms with Crippen LogP contribution >= 0.6 is 0 Å². The lowest BCUT2D eigenvalue weighted by atomic mass is 9.86. The fourth-order valence-electron chi connectivity index (χ4n) is 14.1. The first-order valence-electron chi connectivity index (χ1n) is 26.7. The predicted molar refractivity (Wildman–Crippen MR) is 327 cm³/mol. The van der Waals surface area contributed by atoms with Gasteiger partial charge in [-0.25, -0.2) is 0 Å². The molecule has 0 aliphatic carbocycles. The number of nitrogens with zero attached hydrogens (tertiary/aromatic N) is 1. The number of para-hydroxylation sites is 2. The molecule has 18 rings (SSSR count). The first-order chi connectivity index (χ1) is 38.0. The molecule has 2 heterocycles. The molecule has 0 atom stereocenters. The largest absolute Gasteiger partial charge is 0.456 e. The average molecular weight is 978 g/mol. The maximum atomic E-state index is 6.57. The SMILES string of the molecule is Cc1ccc(N(c2ccc(C)cc2)c2ccc3c4c(-c5ccc6oc7ccccc7c6c5)c5c6ccc7c8cccc9cccc(c%10ccc(c5c(-c5ccc%11oc%12ccccc%12c%11c5)c4c4cccc2c43)c6c%107)c98)cc1. The first kappa shape index (κ1) is 41.4. The molecule has 0 aliphatic heterocycles. The Kier molecular flexibility index (Phi) is 8.00. The van der Waals surface area contributed by atoms with Crippen LogP contribution in [0.5, 0.6) is 0 Å². The molecule has 77 heavy (non-hydrogen) atoms. The summed E-state index contributed by atoms with van der Waals surface area (Å²) in [5.74, 6) is 0. The average Bonchev–Trinajstić information content (AvgIpc) is 3.79. The van der Waals surface area contributed by atoms with Gasteiger partial charge in [-0.15, -0.1) is 0 Å². The van der Waals surface area contributed by atoms with Crippen molar-refractivity contribution in [2.75, 3.05) is 4.90 Å². The number of benzene rings is 14. The van der Waals surface area contributed by atoms with Crippen molar-refractivity contribution in [2.24, 2.45) is 0 Å². The number of hydrogen-bond acceptors (Lipinski definition) is 3. The molecule has 0 amide bonds. The predicted octanol–water partition coefficient (Wildman–Crippen LogP) is 21.6. The molecule has 0 unspecified atom stereocenters. The van der Waals surface area contributed by atoms with Gasteiger partial charge in [0, 0.05) is 38.3 Å². The summed E-state index contributed by atoms with van der Waals surface area (Å²) in [6.45, 7) is 4.32. The molecule has 0 saturated heterocycles. The lowest BCUT2D eigenvalue weighted by Crippen LogP contribution is -2.10. The zero-order chi connectivity index (χ0) is 50.4. The van der Waals surface area contributed by atoms with Crippen molar-refractivity contribution in [2.45, 2.75) is 13.8 Å². The van der Waals surface area contributed by atoms with Gasteiger partial charge in [0.05, 0.1) is 5.69 Å². The Morgan fingerprint density at radius 3 is 1.19 bits per heavy atom. The standard InChI is InChI=1S/C74H43NO2/c1-40-20-26-45(27-21-40)75(46-28-22-41(2)23-29-46)60-35-34-55-68-53(60)16-9-17-54(68)71-66(43-24-36-63-58(38-43)47-12-3-5-18-61(47)76-63)73-56-32-30-51-49-14-7-10-42-11-8-15-50(65(42)49)52-31-33-57(70(56)69(51)52)74(73)67(72(55)71)44-25-37-64-59(39-44)48-13-4-6-19-62(48)77-64/h3-39H,1-2H3. The third-order valence-electron chi connectivity index (χ3n) is 17.4. The maximum Gasteiger partial charge on any atom is 0.135 e. The fraction of sp³-hybridized carbons (Fsp3) is 0.0270. The Balaban J connectivity index is 1.07. The van der Waals surface area contributed by atoms with Crippen LogP contribution in [0.1, 0.15) is 11.1 Å². The number of furan rings is 2. The van der Waals surface area contributed by atoms with Gasteiger partial charge in [0.15, 0.2) is 0 Å². The molecule has 18 aromatic rings. The highest BCUT2D eigenvalue weighted by atomic mass is 16.3. The summed E-state index contributed by atoms with van der Waals surface area (Å²) in [4.78, 5) is 2.44. The molecular weight excluding hydrogens is 935 g/mol. The molecule has 0 bridgehead atoms. The Morgan fingerprint density at radius 2 is 0.649 bits per heavy atom. The van der Waals surface area contributed by atoms with Crippen molar-refractivity contribution < 1.29 is 8.83 Å². The van der Waals surface area contributed by atoms with Gasteiger partial charge in [0.1, 0.15) is 22.3 Å². The van der Waals surface area contributed by atoms with Crippen LogP contribution in [0.2, 0.25) is 0 Å². The molecule has 2 aromatic heterocycles. The molecule has 0 fully saturated rings. The molecule has 0 N–H and O–H groups in total. The second-order valence-corrected chi connectivity index (χ2v) is 21.5. The van der Waals surface area contributed by atoms with E-state index in [1.165, 1.54) is 119 Å². The molecule has 3 nitrogen and oxygen atoms in total. The summed E-state index contributed by atoms with van der Waals surface area (Å²) in [5.41, 5.74) is 14.2. The summed E-state index contributed by atoms with van der Waals surface area (Å²) in [5, 5.41) is 27.4. The van der Waals surface area contributed by atoms with Gasteiger partial charge in [-0.3, -0.25) is 0 Å². The smallest absolute Gasteiger partial charge is 0.135 e. The molecule has 0 saturated carbocycles. The molecule has 3 heteroatoms. The Morgan fingerprint density at radius 1 is 0.260 bits per heavy atom. The van der Waals surface area contributed by atoms with E-state index in [4.69, 9.17) is 8.83 Å². The second-order valence-electron chi connectivity index (χ2n) is 21.5. The minimum Gasteiger partial charge on any atom is -0.456 e. The Labute approximate surface area is 441 Å². The first-order valence-corrected chi connectivity index (χ1v) is 26.7. The maximum absolute atomic E-state index is 6.57. The van der Waals surface area contributed by atoms with Crippen LogP contribution in [0.3, 0.4) is 0 Å². The van der Waals surface area contributed by atoms with E-state index in [9.17, 15) is 0 Å². The number of anilines is 3.